The average Bonchev–Trinajstić information content (AvgIpc) is 2.34. The first-order chi connectivity index (χ1) is 4.88. The number of fused-ring (bicyclic) bond motifs is 1. The van der Waals surface area contributed by atoms with Crippen molar-refractivity contribution in [3.63, 3.8) is 0 Å². The summed E-state index contributed by atoms with van der Waals surface area (Å²) in [4.78, 5) is 13.0. The Morgan fingerprint density at radius 1 is 1.50 bits per heavy atom. The van der Waals surface area contributed by atoms with E-state index in [1.54, 1.807) is 0 Å². The van der Waals surface area contributed by atoms with Crippen LogP contribution in [0.3, 0.4) is 0 Å². The number of carbonyl (C=O) groups excluding carboxylic acids is 1. The molecule has 56 valence electrons. The SMILES string of the molecule is O=C1NC[C@@H]2CCCCN12. The Hall–Kier alpha value is -0.730. The molecule has 0 aromatic carbocycles. The van der Waals surface area contributed by atoms with E-state index in [-0.39, 0.29) is 6.03 Å². The van der Waals surface area contributed by atoms with Gasteiger partial charge in [-0.3, -0.25) is 0 Å². The molecule has 0 bridgehead atoms. The fourth-order valence-electron chi connectivity index (χ4n) is 1.79. The zero-order chi connectivity index (χ0) is 6.97. The van der Waals surface area contributed by atoms with Crippen LogP contribution in [0.25, 0.3) is 0 Å². The highest BCUT2D eigenvalue weighted by Gasteiger charge is 2.31. The summed E-state index contributed by atoms with van der Waals surface area (Å²) in [6, 6.07) is 0.658. The van der Waals surface area contributed by atoms with Crippen molar-refractivity contribution in [1.82, 2.24) is 10.2 Å². The topological polar surface area (TPSA) is 32.3 Å². The molecule has 0 spiro atoms. The molecule has 2 rings (SSSR count). The van der Waals surface area contributed by atoms with E-state index in [4.69, 9.17) is 0 Å². The maximum Gasteiger partial charge on any atom is 0.317 e. The summed E-state index contributed by atoms with van der Waals surface area (Å²) in [6.45, 7) is 1.84. The molecular formula is C7H12N2O. The van der Waals surface area contributed by atoms with Crippen LogP contribution in [0.4, 0.5) is 4.79 Å². The molecule has 0 aromatic heterocycles. The van der Waals surface area contributed by atoms with Crippen LogP contribution in [-0.4, -0.2) is 30.1 Å². The average molecular weight is 140 g/mol. The molecule has 2 aliphatic rings. The lowest BCUT2D eigenvalue weighted by Crippen LogP contribution is -2.37. The quantitative estimate of drug-likeness (QED) is 0.524. The number of amides is 2. The van der Waals surface area contributed by atoms with Crippen molar-refractivity contribution in [3.8, 4) is 0 Å². The number of carbonyl (C=O) groups is 1. The molecule has 2 aliphatic heterocycles. The van der Waals surface area contributed by atoms with E-state index in [1.807, 2.05) is 4.90 Å². The molecule has 3 nitrogen and oxygen atoms in total. The molecule has 0 saturated carbocycles. The summed E-state index contributed by atoms with van der Waals surface area (Å²) in [6.07, 6.45) is 3.67. The van der Waals surface area contributed by atoms with Gasteiger partial charge in [0.25, 0.3) is 0 Å². The molecule has 2 fully saturated rings. The second-order valence-corrected chi connectivity index (χ2v) is 3.03. The fourth-order valence-corrected chi connectivity index (χ4v) is 1.79. The highest BCUT2D eigenvalue weighted by atomic mass is 16.2. The monoisotopic (exact) mass is 140 g/mol. The Bertz CT molecular complexity index is 158. The summed E-state index contributed by atoms with van der Waals surface area (Å²) >= 11 is 0. The Morgan fingerprint density at radius 3 is 3.20 bits per heavy atom. The lowest BCUT2D eigenvalue weighted by atomic mass is 10.0. The predicted octanol–water partition coefficient (Wildman–Crippen LogP) is 0.564. The van der Waals surface area contributed by atoms with Gasteiger partial charge in [0.2, 0.25) is 0 Å². The van der Waals surface area contributed by atoms with Gasteiger partial charge in [-0.15, -0.1) is 0 Å². The van der Waals surface area contributed by atoms with E-state index < -0.39 is 0 Å². The van der Waals surface area contributed by atoms with Crippen molar-refractivity contribution in [1.29, 1.82) is 0 Å². The summed E-state index contributed by atoms with van der Waals surface area (Å²) in [7, 11) is 0. The number of rotatable bonds is 0. The normalized spacial score (nSPS) is 31.8. The van der Waals surface area contributed by atoms with Gasteiger partial charge in [-0.25, -0.2) is 4.79 Å². The number of piperidine rings is 1. The number of hydrogen-bond donors (Lipinski definition) is 1. The standard InChI is InChI=1S/C7H12N2O/c10-7-8-5-6-3-1-2-4-9(6)7/h6H,1-5H2,(H,8,10)/t6-/m0/s1. The first-order valence-electron chi connectivity index (χ1n) is 3.92. The van der Waals surface area contributed by atoms with Gasteiger partial charge in [0.15, 0.2) is 0 Å². The molecular weight excluding hydrogens is 128 g/mol. The van der Waals surface area contributed by atoms with Crippen molar-refractivity contribution in [2.75, 3.05) is 13.1 Å². The van der Waals surface area contributed by atoms with Crippen molar-refractivity contribution in [3.05, 3.63) is 0 Å². The van der Waals surface area contributed by atoms with E-state index in [9.17, 15) is 4.79 Å². The van der Waals surface area contributed by atoms with Gasteiger partial charge >= 0.3 is 6.03 Å². The van der Waals surface area contributed by atoms with Gasteiger partial charge in [0, 0.05) is 13.1 Å². The van der Waals surface area contributed by atoms with E-state index in [1.165, 1.54) is 19.3 Å². The zero-order valence-electron chi connectivity index (χ0n) is 5.97. The van der Waals surface area contributed by atoms with Crippen molar-refractivity contribution < 1.29 is 4.79 Å². The maximum atomic E-state index is 11.0. The fraction of sp³-hybridized carbons (Fsp3) is 0.857. The second kappa shape index (κ2) is 2.15. The van der Waals surface area contributed by atoms with Crippen LogP contribution in [0, 0.1) is 0 Å². The number of nitrogens with one attached hydrogen (secondary N) is 1. The van der Waals surface area contributed by atoms with Crippen molar-refractivity contribution >= 4 is 6.03 Å². The van der Waals surface area contributed by atoms with Crippen LogP contribution in [-0.2, 0) is 0 Å². The van der Waals surface area contributed by atoms with E-state index in [0.29, 0.717) is 6.04 Å². The van der Waals surface area contributed by atoms with Gasteiger partial charge in [-0.2, -0.15) is 0 Å². The lowest BCUT2D eigenvalue weighted by molar-refractivity contribution is 0.186. The van der Waals surface area contributed by atoms with Crippen LogP contribution in [0.1, 0.15) is 19.3 Å². The van der Waals surface area contributed by atoms with Gasteiger partial charge in [0.1, 0.15) is 0 Å². The summed E-state index contributed by atoms with van der Waals surface area (Å²) in [5.74, 6) is 0. The van der Waals surface area contributed by atoms with E-state index in [2.05, 4.69) is 5.32 Å². The molecule has 3 heteroatoms. The molecule has 1 atom stereocenters. The molecule has 2 heterocycles. The molecule has 0 aliphatic carbocycles. The largest absolute Gasteiger partial charge is 0.336 e. The highest BCUT2D eigenvalue weighted by molar-refractivity contribution is 5.76. The first kappa shape index (κ1) is 6.01. The minimum Gasteiger partial charge on any atom is -0.336 e. The minimum atomic E-state index is 0.143. The van der Waals surface area contributed by atoms with Gasteiger partial charge in [-0.1, -0.05) is 0 Å². The van der Waals surface area contributed by atoms with Crippen LogP contribution in [0.15, 0.2) is 0 Å². The van der Waals surface area contributed by atoms with Crippen LogP contribution in [0.2, 0.25) is 0 Å². The third-order valence-electron chi connectivity index (χ3n) is 2.38. The Balaban J connectivity index is 2.08. The molecule has 0 radical (unpaired) electrons. The van der Waals surface area contributed by atoms with Crippen LogP contribution in [0.5, 0.6) is 0 Å². The molecule has 2 amide bonds. The van der Waals surface area contributed by atoms with Crippen molar-refractivity contribution in [2.24, 2.45) is 0 Å². The third kappa shape index (κ3) is 0.770. The van der Waals surface area contributed by atoms with Crippen LogP contribution < -0.4 is 5.32 Å². The second-order valence-electron chi connectivity index (χ2n) is 3.03. The minimum absolute atomic E-state index is 0.143. The molecule has 1 N–H and O–H groups in total. The lowest BCUT2D eigenvalue weighted by Gasteiger charge is -2.27. The van der Waals surface area contributed by atoms with Gasteiger partial charge < -0.3 is 10.2 Å². The van der Waals surface area contributed by atoms with Gasteiger partial charge in [0.05, 0.1) is 6.04 Å². The maximum absolute atomic E-state index is 11.0. The Morgan fingerprint density at radius 2 is 2.40 bits per heavy atom. The van der Waals surface area contributed by atoms with E-state index >= 15 is 0 Å². The molecule has 0 unspecified atom stereocenters. The number of nitrogens with zero attached hydrogens (tertiary/aromatic N) is 1. The molecule has 0 aromatic rings. The van der Waals surface area contributed by atoms with Gasteiger partial charge in [-0.05, 0) is 19.3 Å². The Labute approximate surface area is 60.4 Å². The van der Waals surface area contributed by atoms with E-state index in [0.717, 1.165) is 13.1 Å². The number of hydrogen-bond acceptors (Lipinski definition) is 1. The van der Waals surface area contributed by atoms with Crippen LogP contribution >= 0.6 is 0 Å². The summed E-state index contributed by atoms with van der Waals surface area (Å²) in [5.41, 5.74) is 0. The first-order valence-corrected chi connectivity index (χ1v) is 3.92. The summed E-state index contributed by atoms with van der Waals surface area (Å²) < 4.78 is 0. The molecule has 2 saturated heterocycles. The molecule has 10 heavy (non-hydrogen) atoms. The Kier molecular flexibility index (Phi) is 1.29. The van der Waals surface area contributed by atoms with Crippen molar-refractivity contribution in [2.45, 2.75) is 25.3 Å². The zero-order valence-corrected chi connectivity index (χ0v) is 5.97. The third-order valence-corrected chi connectivity index (χ3v) is 2.38. The summed E-state index contributed by atoms with van der Waals surface area (Å²) in [5, 5.41) is 2.85. The number of urea groups is 1. The highest BCUT2D eigenvalue weighted by Crippen LogP contribution is 2.19. The smallest absolute Gasteiger partial charge is 0.317 e. The predicted molar refractivity (Wildman–Crippen MR) is 37.7 cm³/mol.